The van der Waals surface area contributed by atoms with E-state index >= 15 is 0 Å². The zero-order valence-corrected chi connectivity index (χ0v) is 13.9. The van der Waals surface area contributed by atoms with Gasteiger partial charge in [-0.25, -0.2) is 13.4 Å². The summed E-state index contributed by atoms with van der Waals surface area (Å²) >= 11 is 4.70. The molecule has 0 atom stereocenters. The van der Waals surface area contributed by atoms with Gasteiger partial charge in [-0.2, -0.15) is 0 Å². The van der Waals surface area contributed by atoms with Gasteiger partial charge in [-0.3, -0.25) is 4.79 Å². The van der Waals surface area contributed by atoms with Crippen LogP contribution >= 0.6 is 27.3 Å². The van der Waals surface area contributed by atoms with Crippen LogP contribution in [-0.4, -0.2) is 25.6 Å². The quantitative estimate of drug-likeness (QED) is 0.895. The summed E-state index contributed by atoms with van der Waals surface area (Å²) in [5.41, 5.74) is 1.44. The lowest BCUT2D eigenvalue weighted by Gasteiger charge is -2.03. The van der Waals surface area contributed by atoms with Crippen molar-refractivity contribution in [3.63, 3.8) is 0 Å². The van der Waals surface area contributed by atoms with E-state index in [2.05, 4.69) is 26.2 Å². The summed E-state index contributed by atoms with van der Waals surface area (Å²) in [4.78, 5) is 16.4. The highest BCUT2D eigenvalue weighted by Gasteiger charge is 2.13. The molecule has 0 aliphatic heterocycles. The number of halogens is 1. The van der Waals surface area contributed by atoms with Crippen molar-refractivity contribution < 1.29 is 13.2 Å². The average molecular weight is 375 g/mol. The van der Waals surface area contributed by atoms with Gasteiger partial charge in [0, 0.05) is 6.26 Å². The van der Waals surface area contributed by atoms with E-state index in [0.717, 1.165) is 15.6 Å². The van der Waals surface area contributed by atoms with E-state index in [9.17, 15) is 13.2 Å². The van der Waals surface area contributed by atoms with E-state index < -0.39 is 9.84 Å². The van der Waals surface area contributed by atoms with Crippen molar-refractivity contribution in [2.45, 2.75) is 11.9 Å². The molecule has 2 aromatic heterocycles. The van der Waals surface area contributed by atoms with Crippen LogP contribution in [0.1, 0.15) is 15.2 Å². The summed E-state index contributed by atoms with van der Waals surface area (Å²) in [5.74, 6) is -0.252. The number of amides is 1. The maximum Gasteiger partial charge on any atom is 0.265 e. The van der Waals surface area contributed by atoms with Gasteiger partial charge >= 0.3 is 0 Å². The molecule has 0 saturated carbocycles. The SMILES string of the molecule is Cc1cc(C(=O)Nc2ccc(S(C)(=O)=O)nc2)sc1Br. The predicted octanol–water partition coefficient (Wildman–Crippen LogP) is 2.87. The molecule has 2 aromatic rings. The number of anilines is 1. The van der Waals surface area contributed by atoms with Crippen LogP contribution in [0.5, 0.6) is 0 Å². The van der Waals surface area contributed by atoms with Gasteiger partial charge in [0.2, 0.25) is 0 Å². The van der Waals surface area contributed by atoms with Crippen LogP contribution in [0.2, 0.25) is 0 Å². The summed E-state index contributed by atoms with van der Waals surface area (Å²) in [6, 6.07) is 4.65. The second-order valence-corrected chi connectivity index (χ2v) is 8.51. The third kappa shape index (κ3) is 3.44. The Balaban J connectivity index is 2.16. The van der Waals surface area contributed by atoms with Crippen LogP contribution in [0.4, 0.5) is 5.69 Å². The number of carbonyl (C=O) groups excluding carboxylic acids is 1. The number of nitrogens with zero attached hydrogens (tertiary/aromatic N) is 1. The zero-order chi connectivity index (χ0) is 14.9. The van der Waals surface area contributed by atoms with Gasteiger partial charge in [-0.1, -0.05) is 0 Å². The Morgan fingerprint density at radius 2 is 2.10 bits per heavy atom. The number of hydrogen-bond acceptors (Lipinski definition) is 5. The molecule has 0 spiro atoms. The van der Waals surface area contributed by atoms with Crippen LogP contribution in [0.25, 0.3) is 0 Å². The molecular weight excluding hydrogens is 364 g/mol. The lowest BCUT2D eigenvalue weighted by molar-refractivity contribution is 0.103. The molecule has 0 bridgehead atoms. The van der Waals surface area contributed by atoms with Crippen molar-refractivity contribution in [3.05, 3.63) is 38.6 Å². The van der Waals surface area contributed by atoms with E-state index in [1.54, 1.807) is 6.07 Å². The molecule has 0 saturated heterocycles. The molecule has 0 radical (unpaired) electrons. The Hall–Kier alpha value is -1.25. The van der Waals surface area contributed by atoms with Gasteiger partial charge in [0.15, 0.2) is 14.9 Å². The van der Waals surface area contributed by atoms with E-state index in [0.29, 0.717) is 10.6 Å². The normalized spacial score (nSPS) is 11.3. The summed E-state index contributed by atoms with van der Waals surface area (Å²) < 4.78 is 23.5. The van der Waals surface area contributed by atoms with E-state index in [4.69, 9.17) is 0 Å². The highest BCUT2D eigenvalue weighted by Crippen LogP contribution is 2.27. The molecule has 5 nitrogen and oxygen atoms in total. The number of pyridine rings is 1. The standard InChI is InChI=1S/C12H11BrN2O3S2/c1-7-5-9(19-11(7)13)12(16)15-8-3-4-10(14-6-8)20(2,17)18/h3-6H,1-2H3,(H,15,16). The molecule has 8 heteroatoms. The molecule has 106 valence electrons. The van der Waals surface area contributed by atoms with E-state index in [-0.39, 0.29) is 10.9 Å². The van der Waals surface area contributed by atoms with Crippen molar-refractivity contribution in [1.29, 1.82) is 0 Å². The fraction of sp³-hybridized carbons (Fsp3) is 0.167. The number of aromatic nitrogens is 1. The van der Waals surface area contributed by atoms with Gasteiger partial charge in [0.1, 0.15) is 0 Å². The average Bonchev–Trinajstić information content (AvgIpc) is 2.69. The third-order valence-corrected chi connectivity index (χ3v) is 5.59. The molecule has 2 heterocycles. The third-order valence-electron chi connectivity index (χ3n) is 2.46. The monoisotopic (exact) mass is 374 g/mol. The summed E-state index contributed by atoms with van der Waals surface area (Å²) in [7, 11) is -3.33. The van der Waals surface area contributed by atoms with Gasteiger partial charge in [0.05, 0.1) is 20.5 Å². The molecule has 0 aliphatic carbocycles. The second kappa shape index (κ2) is 5.63. The number of thiophene rings is 1. The molecule has 0 unspecified atom stereocenters. The molecule has 0 fully saturated rings. The fourth-order valence-corrected chi connectivity index (χ4v) is 3.43. The summed E-state index contributed by atoms with van der Waals surface area (Å²) in [5, 5.41) is 2.65. The molecule has 2 rings (SSSR count). The minimum atomic E-state index is -3.33. The number of aryl methyl sites for hydroxylation is 1. The first-order chi connectivity index (χ1) is 9.27. The van der Waals surface area contributed by atoms with Crippen LogP contribution < -0.4 is 5.32 Å². The van der Waals surface area contributed by atoms with E-state index in [1.807, 2.05) is 6.92 Å². The number of carbonyl (C=O) groups is 1. The molecule has 1 N–H and O–H groups in total. The smallest absolute Gasteiger partial charge is 0.265 e. The number of rotatable bonds is 3. The topological polar surface area (TPSA) is 76.1 Å². The number of hydrogen-bond donors (Lipinski definition) is 1. The van der Waals surface area contributed by atoms with Gasteiger partial charge < -0.3 is 5.32 Å². The number of sulfone groups is 1. The molecule has 1 amide bonds. The van der Waals surface area contributed by atoms with E-state index in [1.165, 1.54) is 29.7 Å². The highest BCUT2D eigenvalue weighted by molar-refractivity contribution is 9.11. The molecule has 20 heavy (non-hydrogen) atoms. The van der Waals surface area contributed by atoms with Crippen LogP contribution in [-0.2, 0) is 9.84 Å². The largest absolute Gasteiger partial charge is 0.320 e. The minimum Gasteiger partial charge on any atom is -0.320 e. The number of nitrogens with one attached hydrogen (secondary N) is 1. The summed E-state index contributed by atoms with van der Waals surface area (Å²) in [6.45, 7) is 1.90. The Morgan fingerprint density at radius 1 is 1.40 bits per heavy atom. The highest BCUT2D eigenvalue weighted by atomic mass is 79.9. The second-order valence-electron chi connectivity index (χ2n) is 4.18. The Labute approximate surface area is 129 Å². The van der Waals surface area contributed by atoms with Crippen LogP contribution in [0.3, 0.4) is 0 Å². The Morgan fingerprint density at radius 3 is 2.55 bits per heavy atom. The molecule has 0 aromatic carbocycles. The lowest BCUT2D eigenvalue weighted by atomic mass is 10.3. The van der Waals surface area contributed by atoms with Crippen molar-refractivity contribution in [2.75, 3.05) is 11.6 Å². The first-order valence-corrected chi connectivity index (χ1v) is 9.01. The van der Waals surface area contributed by atoms with Crippen molar-refractivity contribution in [1.82, 2.24) is 4.98 Å². The Bertz CT molecular complexity index is 732. The molecule has 0 aliphatic rings. The van der Waals surface area contributed by atoms with Crippen molar-refractivity contribution in [2.24, 2.45) is 0 Å². The van der Waals surface area contributed by atoms with Gasteiger partial charge in [0.25, 0.3) is 5.91 Å². The van der Waals surface area contributed by atoms with Crippen LogP contribution in [0, 0.1) is 6.92 Å². The van der Waals surface area contributed by atoms with Crippen molar-refractivity contribution in [3.8, 4) is 0 Å². The minimum absolute atomic E-state index is 0.0230. The predicted molar refractivity (Wildman–Crippen MR) is 82.1 cm³/mol. The summed E-state index contributed by atoms with van der Waals surface area (Å²) in [6.07, 6.45) is 2.41. The zero-order valence-electron chi connectivity index (χ0n) is 10.7. The van der Waals surface area contributed by atoms with Gasteiger partial charge in [-0.05, 0) is 46.6 Å². The maximum absolute atomic E-state index is 12.0. The van der Waals surface area contributed by atoms with Crippen LogP contribution in [0.15, 0.2) is 33.2 Å². The molecular formula is C12H11BrN2O3S2. The van der Waals surface area contributed by atoms with Gasteiger partial charge in [-0.15, -0.1) is 11.3 Å². The maximum atomic E-state index is 12.0. The fourth-order valence-electron chi connectivity index (χ4n) is 1.44. The lowest BCUT2D eigenvalue weighted by Crippen LogP contribution is -2.11. The Kier molecular flexibility index (Phi) is 4.26. The van der Waals surface area contributed by atoms with Crippen molar-refractivity contribution >= 4 is 48.7 Å². The first-order valence-electron chi connectivity index (χ1n) is 5.51. The first kappa shape index (κ1) is 15.1.